The van der Waals surface area contributed by atoms with Gasteiger partial charge in [0.05, 0.1) is 22.4 Å². The van der Waals surface area contributed by atoms with Gasteiger partial charge < -0.3 is 9.13 Å². The molecule has 9 aromatic carbocycles. The topological polar surface area (TPSA) is 35.6 Å². The van der Waals surface area contributed by atoms with E-state index in [-0.39, 0.29) is 28.4 Å². The van der Waals surface area contributed by atoms with Gasteiger partial charge in [-0.2, -0.15) is 0 Å². The average molecular weight is 1190 g/mol. The molecule has 0 bridgehead atoms. The molecule has 454 valence electrons. The number of fused-ring (bicyclic) bond motifs is 10. The van der Waals surface area contributed by atoms with E-state index in [0.717, 1.165) is 33.9 Å². The van der Waals surface area contributed by atoms with Crippen molar-refractivity contribution in [2.75, 3.05) is 0 Å². The molecule has 0 amide bonds. The molecule has 5 heterocycles. The molecule has 5 heteroatoms. The van der Waals surface area contributed by atoms with E-state index in [1.54, 1.807) is 0 Å². The fourth-order valence-electron chi connectivity index (χ4n) is 16.4. The van der Waals surface area contributed by atoms with Crippen LogP contribution in [0.25, 0.3) is 111 Å². The Balaban J connectivity index is 1.05. The van der Waals surface area contributed by atoms with Crippen LogP contribution in [0.15, 0.2) is 176 Å². The van der Waals surface area contributed by atoms with Crippen LogP contribution in [-0.2, 0) is 21.7 Å². The highest BCUT2D eigenvalue weighted by Crippen LogP contribution is 2.47. The third-order valence-corrected chi connectivity index (χ3v) is 21.6. The van der Waals surface area contributed by atoms with Crippen LogP contribution in [0.3, 0.4) is 0 Å². The van der Waals surface area contributed by atoms with Crippen molar-refractivity contribution in [2.45, 2.75) is 181 Å². The molecule has 4 aliphatic rings. The van der Waals surface area contributed by atoms with Crippen LogP contribution in [0.1, 0.15) is 193 Å². The summed E-state index contributed by atoms with van der Waals surface area (Å²) >= 11 is 0. The molecule has 16 rings (SSSR count). The first-order chi connectivity index (χ1) is 43.6. The molecular weight excluding hydrogens is 1100 g/mol. The van der Waals surface area contributed by atoms with Gasteiger partial charge in [-0.3, -0.25) is 0 Å². The van der Waals surface area contributed by atoms with Crippen molar-refractivity contribution in [3.8, 4) is 67.5 Å². The van der Waals surface area contributed by atoms with E-state index in [0.29, 0.717) is 11.8 Å². The molecule has 0 N–H and O–H groups in total. The summed E-state index contributed by atoms with van der Waals surface area (Å²) in [5.41, 5.74) is 29.9. The maximum Gasteiger partial charge on any atom is 0.252 e. The van der Waals surface area contributed by atoms with Crippen molar-refractivity contribution in [3.63, 3.8) is 0 Å². The van der Waals surface area contributed by atoms with E-state index in [2.05, 4.69) is 268 Å². The Labute approximate surface area is 540 Å². The van der Waals surface area contributed by atoms with Crippen LogP contribution in [0.4, 0.5) is 0 Å². The monoisotopic (exact) mass is 1190 g/mol. The Bertz CT molecular complexity index is 4550. The van der Waals surface area contributed by atoms with Crippen molar-refractivity contribution in [1.29, 1.82) is 0 Å². The highest BCUT2D eigenvalue weighted by molar-refractivity contribution is 7.00. The number of benzene rings is 9. The predicted molar refractivity (Wildman–Crippen MR) is 389 cm³/mol. The van der Waals surface area contributed by atoms with E-state index in [4.69, 9.17) is 9.97 Å². The number of hydrogen-bond donors (Lipinski definition) is 0. The lowest BCUT2D eigenvalue weighted by Crippen LogP contribution is -2.59. The summed E-state index contributed by atoms with van der Waals surface area (Å²) in [7, 11) is 0. The van der Waals surface area contributed by atoms with Crippen LogP contribution in [0.5, 0.6) is 0 Å². The third-order valence-electron chi connectivity index (χ3n) is 21.6. The largest absolute Gasteiger partial charge is 0.310 e. The van der Waals surface area contributed by atoms with Gasteiger partial charge in [-0.1, -0.05) is 219 Å². The molecule has 2 fully saturated rings. The number of aromatic nitrogens is 4. The second-order valence-electron chi connectivity index (χ2n) is 32.0. The minimum Gasteiger partial charge on any atom is -0.310 e. The van der Waals surface area contributed by atoms with Gasteiger partial charge >= 0.3 is 0 Å². The smallest absolute Gasteiger partial charge is 0.252 e. The SMILES string of the molecule is CC(C)(C)c1cc(-c2cc(-c3cc4c5c(c3)-n3c6ccc(-c7ccccc7)cc6c6cc(C7CCCCC7)cc(c63)B5c3cc(C5CCCCC5)cc5c6cc(-c7ccccc7)ccc6n-4c35)nc(-c3cc(C(C)(C)C)cc(C(C)(C)C)c3)n2)cc(C(C)(C)C)c1. The fraction of sp³-hybridized carbons (Fsp3) is 0.326. The summed E-state index contributed by atoms with van der Waals surface area (Å²) < 4.78 is 5.41. The van der Waals surface area contributed by atoms with Gasteiger partial charge in [-0.25, -0.2) is 9.97 Å². The molecular formula is C86H87BN4. The maximum atomic E-state index is 5.92. The first-order valence-corrected chi connectivity index (χ1v) is 34.4. The Morgan fingerprint density at radius 1 is 0.341 bits per heavy atom. The summed E-state index contributed by atoms with van der Waals surface area (Å²) in [5.74, 6) is 1.81. The van der Waals surface area contributed by atoms with Gasteiger partial charge in [-0.05, 0) is 210 Å². The van der Waals surface area contributed by atoms with Gasteiger partial charge in [0.1, 0.15) is 0 Å². The minimum absolute atomic E-state index is 0.00428. The van der Waals surface area contributed by atoms with E-state index in [1.165, 1.54) is 191 Å². The fourth-order valence-corrected chi connectivity index (χ4v) is 16.4. The molecule has 0 unspecified atom stereocenters. The first kappa shape index (κ1) is 57.9. The summed E-state index contributed by atoms with van der Waals surface area (Å²) in [6.07, 6.45) is 12.8. The summed E-state index contributed by atoms with van der Waals surface area (Å²) in [6.45, 7) is 28.0. The number of nitrogens with zero attached hydrogens (tertiary/aromatic N) is 4. The van der Waals surface area contributed by atoms with E-state index in [9.17, 15) is 0 Å². The average Bonchev–Trinajstić information content (AvgIpc) is 1.57. The second kappa shape index (κ2) is 21.1. The Morgan fingerprint density at radius 3 is 1.12 bits per heavy atom. The van der Waals surface area contributed by atoms with Crippen molar-refractivity contribution in [1.82, 2.24) is 19.1 Å². The molecule has 4 nitrogen and oxygen atoms in total. The van der Waals surface area contributed by atoms with Crippen LogP contribution in [0.2, 0.25) is 0 Å². The molecule has 0 saturated heterocycles. The Kier molecular flexibility index (Phi) is 13.4. The zero-order chi connectivity index (χ0) is 62.6. The Hall–Kier alpha value is -8.28. The van der Waals surface area contributed by atoms with Crippen molar-refractivity contribution >= 4 is 66.7 Å². The van der Waals surface area contributed by atoms with Crippen molar-refractivity contribution in [2.24, 2.45) is 0 Å². The first-order valence-electron chi connectivity index (χ1n) is 34.4. The van der Waals surface area contributed by atoms with Crippen LogP contribution in [0, 0.1) is 0 Å². The molecule has 2 saturated carbocycles. The summed E-state index contributed by atoms with van der Waals surface area (Å²) in [6, 6.07) is 69.3. The summed E-state index contributed by atoms with van der Waals surface area (Å²) in [5, 5.41) is 5.38. The maximum absolute atomic E-state index is 5.92. The second-order valence-corrected chi connectivity index (χ2v) is 32.0. The zero-order valence-corrected chi connectivity index (χ0v) is 55.8. The predicted octanol–water partition coefficient (Wildman–Crippen LogP) is 21.4. The lowest BCUT2D eigenvalue weighted by atomic mass is 9.34. The Morgan fingerprint density at radius 2 is 0.725 bits per heavy atom. The number of rotatable bonds is 7. The molecule has 3 aromatic heterocycles. The normalized spacial score (nSPS) is 15.6. The summed E-state index contributed by atoms with van der Waals surface area (Å²) in [4.78, 5) is 11.7. The zero-order valence-electron chi connectivity index (χ0n) is 55.8. The van der Waals surface area contributed by atoms with Crippen LogP contribution >= 0.6 is 0 Å². The molecule has 2 aliphatic carbocycles. The molecule has 0 atom stereocenters. The minimum atomic E-state index is -0.100. The van der Waals surface area contributed by atoms with Gasteiger partial charge in [0.2, 0.25) is 0 Å². The molecule has 12 aromatic rings. The highest BCUT2D eigenvalue weighted by Gasteiger charge is 2.43. The molecule has 0 spiro atoms. The standard InChI is InChI=1S/C86H87BN4/c1-83(2,3)63-37-60(38-64(49-63)84(4,5)6)73-51-74(89-82(88-73)62-39-65(85(7,8)9)50-66(40-62)86(10,11)12)61-47-77-79-78(48-61)91-76-36-34-57(53-27-19-14-20-28-53)42-68(76)70-44-59(55-31-23-16-24-32-55)46-72(81(70)91)87(79)71-45-58(54-29-21-15-22-30-54)43-69-67-41-56(52-25-17-13-18-26-52)33-35-75(67)90(77)80(69)71/h13-14,17-20,25-28,33-51,54-55H,15-16,21-24,29-32H2,1-12H3. The van der Waals surface area contributed by atoms with Crippen molar-refractivity contribution < 1.29 is 0 Å². The number of hydrogen-bond acceptors (Lipinski definition) is 2. The molecule has 0 radical (unpaired) electrons. The third kappa shape index (κ3) is 9.84. The highest BCUT2D eigenvalue weighted by atomic mass is 15.0. The van der Waals surface area contributed by atoms with Crippen molar-refractivity contribution in [3.05, 3.63) is 209 Å². The van der Waals surface area contributed by atoms with E-state index < -0.39 is 0 Å². The quantitative estimate of drug-likeness (QED) is 0.149. The molecule has 2 aliphatic heterocycles. The van der Waals surface area contributed by atoms with Crippen LogP contribution in [-0.4, -0.2) is 25.8 Å². The van der Waals surface area contributed by atoms with Gasteiger partial charge in [0.25, 0.3) is 6.71 Å². The van der Waals surface area contributed by atoms with Crippen LogP contribution < -0.4 is 16.4 Å². The lowest BCUT2D eigenvalue weighted by molar-refractivity contribution is 0.444. The van der Waals surface area contributed by atoms with E-state index >= 15 is 0 Å². The molecule has 91 heavy (non-hydrogen) atoms. The van der Waals surface area contributed by atoms with Gasteiger partial charge in [-0.15, -0.1) is 0 Å². The van der Waals surface area contributed by atoms with Gasteiger partial charge in [0.15, 0.2) is 5.82 Å². The van der Waals surface area contributed by atoms with E-state index in [1.807, 2.05) is 0 Å². The van der Waals surface area contributed by atoms with Gasteiger partial charge in [0, 0.05) is 60.6 Å². The lowest BCUT2D eigenvalue weighted by Gasteiger charge is -2.35.